The highest BCUT2D eigenvalue weighted by Gasteiger charge is 2.27. The molecule has 0 spiro atoms. The number of nitrogens with zero attached hydrogens (tertiary/aromatic N) is 1. The lowest BCUT2D eigenvalue weighted by molar-refractivity contribution is -0.125. The molecule has 1 aliphatic heterocycles. The second-order valence-electron chi connectivity index (χ2n) is 4.81. The van der Waals surface area contributed by atoms with Crippen molar-refractivity contribution in [3.8, 4) is 0 Å². The molecule has 3 N–H and O–H groups in total. The first-order valence-electron chi connectivity index (χ1n) is 6.49. The fraction of sp³-hybridized carbons (Fsp3) is 0.833. The van der Waals surface area contributed by atoms with Crippen LogP contribution in [0.25, 0.3) is 0 Å². The lowest BCUT2D eigenvalue weighted by Crippen LogP contribution is -2.52. The molecule has 3 amide bonds. The van der Waals surface area contributed by atoms with Crippen molar-refractivity contribution in [2.24, 2.45) is 5.92 Å². The van der Waals surface area contributed by atoms with Crippen LogP contribution < -0.4 is 16.0 Å². The van der Waals surface area contributed by atoms with Crippen LogP contribution in [-0.4, -0.2) is 56.6 Å². The minimum Gasteiger partial charge on any atom is -0.341 e. The predicted octanol–water partition coefficient (Wildman–Crippen LogP) is 0.184. The van der Waals surface area contributed by atoms with E-state index in [1.165, 1.54) is 13.5 Å². The molecular weight excluding hydrogens is 268 g/mol. The molecule has 0 saturated carbocycles. The molecule has 112 valence electrons. The number of carbonyl (C=O) groups excluding carboxylic acids is 2. The van der Waals surface area contributed by atoms with Crippen LogP contribution in [0.2, 0.25) is 0 Å². The zero-order chi connectivity index (χ0) is 13.5. The number of imide groups is 1. The first kappa shape index (κ1) is 18.1. The summed E-state index contributed by atoms with van der Waals surface area (Å²) in [5.74, 6) is 0.346. The van der Waals surface area contributed by atoms with Crippen LogP contribution in [0.15, 0.2) is 0 Å². The number of amides is 3. The van der Waals surface area contributed by atoms with Crippen molar-refractivity contribution >= 4 is 24.3 Å². The molecule has 0 radical (unpaired) electrons. The highest BCUT2D eigenvalue weighted by atomic mass is 35.5. The number of piperidine rings is 1. The molecule has 2 atom stereocenters. The van der Waals surface area contributed by atoms with Gasteiger partial charge in [-0.1, -0.05) is 0 Å². The first-order chi connectivity index (χ1) is 8.58. The lowest BCUT2D eigenvalue weighted by Gasteiger charge is -2.35. The summed E-state index contributed by atoms with van der Waals surface area (Å²) in [6.45, 7) is 4.64. The number of carbonyl (C=O) groups is 2. The molecule has 1 fully saturated rings. The topological polar surface area (TPSA) is 73.5 Å². The third-order valence-corrected chi connectivity index (χ3v) is 3.43. The summed E-state index contributed by atoms with van der Waals surface area (Å²) in [5, 5.41) is 7.89. The average molecular weight is 293 g/mol. The van der Waals surface area contributed by atoms with E-state index in [2.05, 4.69) is 20.9 Å². The Hall–Kier alpha value is -0.850. The summed E-state index contributed by atoms with van der Waals surface area (Å²) in [4.78, 5) is 25.1. The van der Waals surface area contributed by atoms with Crippen LogP contribution in [0.5, 0.6) is 0 Å². The smallest absolute Gasteiger partial charge is 0.321 e. The number of rotatable bonds is 4. The van der Waals surface area contributed by atoms with Crippen molar-refractivity contribution in [2.75, 3.05) is 33.7 Å². The average Bonchev–Trinajstić information content (AvgIpc) is 2.38. The standard InChI is InChI=1S/C12H24N4O2.ClH/c1-9(11(17)15-12(18)14-3)16-6-4-5-10(8-16)7-13-2;/h9-10,13H,4-8H2,1-3H3,(H2,14,15,17,18);1H. The maximum absolute atomic E-state index is 11.8. The van der Waals surface area contributed by atoms with Gasteiger partial charge in [0.2, 0.25) is 5.91 Å². The Kier molecular flexibility index (Phi) is 8.71. The molecule has 0 aromatic carbocycles. The number of likely N-dealkylation sites (tertiary alicyclic amines) is 1. The van der Waals surface area contributed by atoms with E-state index in [1.807, 2.05) is 14.0 Å². The number of urea groups is 1. The summed E-state index contributed by atoms with van der Waals surface area (Å²) < 4.78 is 0. The Morgan fingerprint density at radius 2 is 2.05 bits per heavy atom. The van der Waals surface area contributed by atoms with Crippen LogP contribution in [0.4, 0.5) is 4.79 Å². The molecule has 1 saturated heterocycles. The van der Waals surface area contributed by atoms with E-state index in [1.54, 1.807) is 0 Å². The third-order valence-electron chi connectivity index (χ3n) is 3.43. The number of nitrogens with one attached hydrogen (secondary N) is 3. The van der Waals surface area contributed by atoms with Crippen molar-refractivity contribution in [1.29, 1.82) is 0 Å². The Morgan fingerprint density at radius 1 is 1.37 bits per heavy atom. The van der Waals surface area contributed by atoms with Gasteiger partial charge in [-0.15, -0.1) is 12.4 Å². The van der Waals surface area contributed by atoms with Crippen LogP contribution in [0.1, 0.15) is 19.8 Å². The third kappa shape index (κ3) is 5.76. The number of hydrogen-bond acceptors (Lipinski definition) is 4. The molecule has 1 rings (SSSR count). The van der Waals surface area contributed by atoms with Gasteiger partial charge in [0.05, 0.1) is 6.04 Å². The van der Waals surface area contributed by atoms with E-state index in [0.717, 1.165) is 26.1 Å². The molecule has 0 aliphatic carbocycles. The van der Waals surface area contributed by atoms with Gasteiger partial charge < -0.3 is 10.6 Å². The second-order valence-corrected chi connectivity index (χ2v) is 4.81. The van der Waals surface area contributed by atoms with Gasteiger partial charge >= 0.3 is 6.03 Å². The van der Waals surface area contributed by atoms with Gasteiger partial charge in [0.25, 0.3) is 0 Å². The van der Waals surface area contributed by atoms with Gasteiger partial charge in [-0.05, 0) is 45.8 Å². The largest absolute Gasteiger partial charge is 0.341 e. The van der Waals surface area contributed by atoms with Gasteiger partial charge in [-0.2, -0.15) is 0 Å². The summed E-state index contributed by atoms with van der Waals surface area (Å²) in [7, 11) is 3.44. The van der Waals surface area contributed by atoms with Crippen LogP contribution >= 0.6 is 12.4 Å². The first-order valence-corrected chi connectivity index (χ1v) is 6.49. The van der Waals surface area contributed by atoms with Crippen LogP contribution in [0, 0.1) is 5.92 Å². The van der Waals surface area contributed by atoms with E-state index in [4.69, 9.17) is 0 Å². The quantitative estimate of drug-likeness (QED) is 0.691. The molecule has 6 nitrogen and oxygen atoms in total. The van der Waals surface area contributed by atoms with E-state index < -0.39 is 6.03 Å². The zero-order valence-electron chi connectivity index (χ0n) is 11.9. The monoisotopic (exact) mass is 292 g/mol. The van der Waals surface area contributed by atoms with E-state index >= 15 is 0 Å². The van der Waals surface area contributed by atoms with Crippen LogP contribution in [0.3, 0.4) is 0 Å². The van der Waals surface area contributed by atoms with Crippen LogP contribution in [-0.2, 0) is 4.79 Å². The summed E-state index contributed by atoms with van der Waals surface area (Å²) in [6.07, 6.45) is 2.30. The fourth-order valence-electron chi connectivity index (χ4n) is 2.35. The molecule has 2 unspecified atom stereocenters. The van der Waals surface area contributed by atoms with Crippen molar-refractivity contribution < 1.29 is 9.59 Å². The van der Waals surface area contributed by atoms with Gasteiger partial charge in [-0.25, -0.2) is 4.79 Å². The minimum absolute atomic E-state index is 0. The summed E-state index contributed by atoms with van der Waals surface area (Å²) in [6, 6.07) is -0.711. The molecule has 1 aliphatic rings. The fourth-order valence-corrected chi connectivity index (χ4v) is 2.35. The van der Waals surface area contributed by atoms with E-state index in [9.17, 15) is 9.59 Å². The number of hydrogen-bond donors (Lipinski definition) is 3. The van der Waals surface area contributed by atoms with Crippen molar-refractivity contribution in [3.05, 3.63) is 0 Å². The Balaban J connectivity index is 0.00000324. The van der Waals surface area contributed by atoms with Crippen molar-refractivity contribution in [1.82, 2.24) is 20.9 Å². The molecule has 7 heteroatoms. The normalized spacial score (nSPS) is 21.1. The maximum atomic E-state index is 11.8. The van der Waals surface area contributed by atoms with Gasteiger partial charge in [0, 0.05) is 13.6 Å². The van der Waals surface area contributed by atoms with Crippen molar-refractivity contribution in [3.63, 3.8) is 0 Å². The number of halogens is 1. The predicted molar refractivity (Wildman–Crippen MR) is 77.5 cm³/mol. The van der Waals surface area contributed by atoms with Gasteiger partial charge in [0.15, 0.2) is 0 Å². The van der Waals surface area contributed by atoms with Gasteiger partial charge in [0.1, 0.15) is 0 Å². The Morgan fingerprint density at radius 3 is 2.63 bits per heavy atom. The van der Waals surface area contributed by atoms with E-state index in [0.29, 0.717) is 5.92 Å². The molecule has 19 heavy (non-hydrogen) atoms. The maximum Gasteiger partial charge on any atom is 0.321 e. The molecular formula is C12H25ClN4O2. The Bertz CT molecular complexity index is 299. The summed E-state index contributed by atoms with van der Waals surface area (Å²) in [5.41, 5.74) is 0. The molecule has 0 bridgehead atoms. The van der Waals surface area contributed by atoms with Crippen molar-refractivity contribution in [2.45, 2.75) is 25.8 Å². The minimum atomic E-state index is -0.448. The molecule has 1 heterocycles. The van der Waals surface area contributed by atoms with E-state index in [-0.39, 0.29) is 24.4 Å². The highest BCUT2D eigenvalue weighted by Crippen LogP contribution is 2.17. The molecule has 0 aromatic heterocycles. The second kappa shape index (κ2) is 9.12. The summed E-state index contributed by atoms with van der Waals surface area (Å²) >= 11 is 0. The Labute approximate surface area is 121 Å². The lowest BCUT2D eigenvalue weighted by atomic mass is 9.97. The zero-order valence-corrected chi connectivity index (χ0v) is 12.7. The SMILES string of the molecule is CNCC1CCCN(C(C)C(=O)NC(=O)NC)C1.Cl. The van der Waals surface area contributed by atoms with Gasteiger partial charge in [-0.3, -0.25) is 15.0 Å². The molecule has 0 aromatic rings. The highest BCUT2D eigenvalue weighted by molar-refractivity contribution is 5.96.